The van der Waals surface area contributed by atoms with Gasteiger partial charge < -0.3 is 13.5 Å². The fourth-order valence-electron chi connectivity index (χ4n) is 0.804. The quantitative estimate of drug-likeness (QED) is 0.777. The van der Waals surface area contributed by atoms with Crippen LogP contribution in [0.1, 0.15) is 0 Å². The molecule has 1 aromatic rings. The van der Waals surface area contributed by atoms with Gasteiger partial charge in [0.2, 0.25) is 0 Å². The molecule has 0 saturated heterocycles. The summed E-state index contributed by atoms with van der Waals surface area (Å²) in [6.45, 7) is 0. The molecule has 0 radical (unpaired) electrons. The van der Waals surface area contributed by atoms with Gasteiger partial charge in [0.1, 0.15) is 17.1 Å². The average Bonchev–Trinajstić information content (AvgIpc) is 2.09. The first-order valence-electron chi connectivity index (χ1n) is 3.35. The normalized spacial score (nSPS) is 12.3. The fraction of sp³-hybridized carbons (Fsp3) is 0.143. The van der Waals surface area contributed by atoms with E-state index in [2.05, 4.69) is 4.18 Å². The summed E-state index contributed by atoms with van der Waals surface area (Å²) in [5.41, 5.74) is 0. The van der Waals surface area contributed by atoms with E-state index in [0.717, 1.165) is 0 Å². The van der Waals surface area contributed by atoms with E-state index in [1.165, 1.54) is 19.2 Å². The predicted octanol–water partition coefficient (Wildman–Crippen LogP) is 2.17. The Morgan fingerprint density at radius 3 is 2.36 bits per heavy atom. The van der Waals surface area contributed by atoms with Gasteiger partial charge in [-0.2, -0.15) is 0 Å². The van der Waals surface area contributed by atoms with E-state index in [1.54, 1.807) is 0 Å². The molecule has 0 fully saturated rings. The van der Waals surface area contributed by atoms with E-state index in [4.69, 9.17) is 27.9 Å². The molecule has 7 heteroatoms. The van der Waals surface area contributed by atoms with Crippen LogP contribution in [0.2, 0.25) is 10.0 Å². The van der Waals surface area contributed by atoms with Gasteiger partial charge in [0, 0.05) is 6.07 Å². The van der Waals surface area contributed by atoms with Gasteiger partial charge in [0.05, 0.1) is 17.2 Å². The molecule has 0 saturated carbocycles. The molecule has 0 bridgehead atoms. The van der Waals surface area contributed by atoms with E-state index < -0.39 is 11.4 Å². The highest BCUT2D eigenvalue weighted by Gasteiger charge is 2.09. The van der Waals surface area contributed by atoms with Gasteiger partial charge in [-0.15, -0.1) is 0 Å². The van der Waals surface area contributed by atoms with Crippen LogP contribution < -0.4 is 8.92 Å². The third-order valence-electron chi connectivity index (χ3n) is 1.36. The van der Waals surface area contributed by atoms with Crippen molar-refractivity contribution in [1.29, 1.82) is 0 Å². The van der Waals surface area contributed by atoms with Gasteiger partial charge in [-0.25, -0.2) is 4.21 Å². The molecular formula is C7H5Cl2O4S-. The molecule has 1 unspecified atom stereocenters. The Kier molecular flexibility index (Phi) is 4.00. The summed E-state index contributed by atoms with van der Waals surface area (Å²) in [5.74, 6) is 0.262. The Bertz CT molecular complexity index is 369. The molecule has 0 aliphatic carbocycles. The molecule has 1 rings (SSSR count). The van der Waals surface area contributed by atoms with Crippen molar-refractivity contribution in [2.75, 3.05) is 7.11 Å². The van der Waals surface area contributed by atoms with Crippen LogP contribution in [0.15, 0.2) is 12.1 Å². The molecule has 0 N–H and O–H groups in total. The van der Waals surface area contributed by atoms with Crippen LogP contribution in [0.5, 0.6) is 11.5 Å². The minimum atomic E-state index is -2.68. The summed E-state index contributed by atoms with van der Waals surface area (Å²) in [4.78, 5) is 0. The SMILES string of the molecule is COc1cc(OS(=O)[O-])c(Cl)cc1Cl. The second-order valence-electron chi connectivity index (χ2n) is 2.20. The molecule has 1 atom stereocenters. The summed E-state index contributed by atoms with van der Waals surface area (Å²) in [7, 11) is 1.40. The lowest BCUT2D eigenvalue weighted by Crippen LogP contribution is -1.99. The molecular weight excluding hydrogens is 251 g/mol. The molecule has 0 aromatic heterocycles. The van der Waals surface area contributed by atoms with E-state index in [0.29, 0.717) is 0 Å². The fourth-order valence-corrected chi connectivity index (χ4v) is 1.63. The van der Waals surface area contributed by atoms with Crippen LogP contribution >= 0.6 is 23.2 Å². The van der Waals surface area contributed by atoms with Gasteiger partial charge >= 0.3 is 0 Å². The number of hydrogen-bond donors (Lipinski definition) is 0. The third kappa shape index (κ3) is 2.75. The van der Waals surface area contributed by atoms with Crippen molar-refractivity contribution < 1.29 is 17.7 Å². The Labute approximate surface area is 93.2 Å². The summed E-state index contributed by atoms with van der Waals surface area (Å²) >= 11 is 8.71. The molecule has 1 aromatic carbocycles. The maximum atomic E-state index is 10.3. The lowest BCUT2D eigenvalue weighted by molar-refractivity contribution is 0.409. The summed E-state index contributed by atoms with van der Waals surface area (Å²) < 4.78 is 29.7. The van der Waals surface area contributed by atoms with Crippen molar-refractivity contribution in [3.63, 3.8) is 0 Å². The van der Waals surface area contributed by atoms with Crippen LogP contribution in [0.25, 0.3) is 0 Å². The highest BCUT2D eigenvalue weighted by atomic mass is 35.5. The molecule has 78 valence electrons. The smallest absolute Gasteiger partial charge is 0.161 e. The van der Waals surface area contributed by atoms with Gasteiger partial charge in [-0.1, -0.05) is 23.2 Å². The minimum absolute atomic E-state index is 0.0266. The van der Waals surface area contributed by atoms with Crippen LogP contribution in [-0.4, -0.2) is 15.9 Å². The van der Waals surface area contributed by atoms with E-state index in [1.807, 2.05) is 0 Å². The monoisotopic (exact) mass is 255 g/mol. The van der Waals surface area contributed by atoms with E-state index in [9.17, 15) is 8.76 Å². The molecule has 0 amide bonds. The first-order valence-corrected chi connectivity index (χ1v) is 5.11. The van der Waals surface area contributed by atoms with Gasteiger partial charge in [-0.3, -0.25) is 0 Å². The lowest BCUT2D eigenvalue weighted by atomic mass is 10.3. The van der Waals surface area contributed by atoms with Crippen molar-refractivity contribution in [3.05, 3.63) is 22.2 Å². The van der Waals surface area contributed by atoms with Gasteiger partial charge in [0.15, 0.2) is 5.75 Å². The second kappa shape index (κ2) is 4.84. The second-order valence-corrected chi connectivity index (χ2v) is 3.59. The Balaban J connectivity index is 3.10. The molecule has 14 heavy (non-hydrogen) atoms. The van der Waals surface area contributed by atoms with Gasteiger partial charge in [0.25, 0.3) is 0 Å². The standard InChI is InChI=1S/C7H6Cl2O4S/c1-12-6-3-7(13-14(10)11)5(9)2-4(6)8/h2-3H,1H3,(H,10,11)/p-1. The highest BCUT2D eigenvalue weighted by Crippen LogP contribution is 2.35. The number of benzene rings is 1. The first kappa shape index (κ1) is 11.6. The van der Waals surface area contributed by atoms with Crippen molar-refractivity contribution in [1.82, 2.24) is 0 Å². The lowest BCUT2D eigenvalue weighted by Gasteiger charge is -2.11. The first-order chi connectivity index (χ1) is 6.54. The molecule has 0 spiro atoms. The number of hydrogen-bond acceptors (Lipinski definition) is 4. The van der Waals surface area contributed by atoms with Crippen molar-refractivity contribution in [3.8, 4) is 11.5 Å². The summed E-state index contributed by atoms with van der Waals surface area (Å²) in [5, 5.41) is 0.376. The van der Waals surface area contributed by atoms with E-state index >= 15 is 0 Å². The Morgan fingerprint density at radius 2 is 1.86 bits per heavy atom. The average molecular weight is 256 g/mol. The van der Waals surface area contributed by atoms with E-state index in [-0.39, 0.29) is 21.5 Å². The molecule has 0 aliphatic heterocycles. The maximum absolute atomic E-state index is 10.3. The zero-order valence-corrected chi connectivity index (χ0v) is 9.28. The Morgan fingerprint density at radius 1 is 1.29 bits per heavy atom. The molecule has 0 heterocycles. The maximum Gasteiger partial charge on any atom is 0.161 e. The van der Waals surface area contributed by atoms with Crippen LogP contribution in [0, 0.1) is 0 Å². The number of methoxy groups -OCH3 is 1. The predicted molar refractivity (Wildman–Crippen MR) is 52.6 cm³/mol. The largest absolute Gasteiger partial charge is 0.740 e. The third-order valence-corrected chi connectivity index (χ3v) is 2.27. The van der Waals surface area contributed by atoms with Gasteiger partial charge in [-0.05, 0) is 6.07 Å². The molecule has 4 nitrogen and oxygen atoms in total. The zero-order chi connectivity index (χ0) is 10.7. The zero-order valence-electron chi connectivity index (χ0n) is 6.95. The van der Waals surface area contributed by atoms with Crippen LogP contribution in [0.4, 0.5) is 0 Å². The minimum Gasteiger partial charge on any atom is -0.740 e. The van der Waals surface area contributed by atoms with Crippen molar-refractivity contribution in [2.45, 2.75) is 0 Å². The Hall–Kier alpha value is -0.490. The van der Waals surface area contributed by atoms with Crippen molar-refractivity contribution in [2.24, 2.45) is 0 Å². The number of ether oxygens (including phenoxy) is 1. The summed E-state index contributed by atoms with van der Waals surface area (Å²) in [6.07, 6.45) is 0. The topological polar surface area (TPSA) is 58.6 Å². The summed E-state index contributed by atoms with van der Waals surface area (Å²) in [6, 6.07) is 2.63. The molecule has 0 aliphatic rings. The van der Waals surface area contributed by atoms with Crippen molar-refractivity contribution >= 4 is 34.6 Å². The number of rotatable bonds is 3. The highest BCUT2D eigenvalue weighted by molar-refractivity contribution is 7.74. The number of halogens is 2. The van der Waals surface area contributed by atoms with Crippen LogP contribution in [-0.2, 0) is 11.4 Å². The van der Waals surface area contributed by atoms with Crippen LogP contribution in [0.3, 0.4) is 0 Å².